The van der Waals surface area contributed by atoms with Gasteiger partial charge in [-0.3, -0.25) is 9.78 Å². The van der Waals surface area contributed by atoms with Crippen LogP contribution in [0, 0.1) is 0 Å². The van der Waals surface area contributed by atoms with Crippen molar-refractivity contribution in [2.75, 3.05) is 39.7 Å². The average Bonchev–Trinajstić information content (AvgIpc) is 2.39. The first kappa shape index (κ1) is 15.4. The number of nitrogens with two attached hydrogens (primary N) is 1. The van der Waals surface area contributed by atoms with Gasteiger partial charge in [0.15, 0.2) is 0 Å². The van der Waals surface area contributed by atoms with Crippen LogP contribution in [0.5, 0.6) is 0 Å². The van der Waals surface area contributed by atoms with Gasteiger partial charge in [-0.05, 0) is 19.1 Å². The topological polar surface area (TPSA) is 77.7 Å². The van der Waals surface area contributed by atoms with E-state index in [2.05, 4.69) is 4.98 Å². The third-order valence-corrected chi connectivity index (χ3v) is 2.74. The van der Waals surface area contributed by atoms with Crippen molar-refractivity contribution in [2.45, 2.75) is 13.0 Å². The van der Waals surface area contributed by atoms with Crippen LogP contribution < -0.4 is 5.73 Å². The predicted molar refractivity (Wildman–Crippen MR) is 72.9 cm³/mol. The molecule has 106 valence electrons. The number of rotatable bonds is 7. The van der Waals surface area contributed by atoms with Crippen molar-refractivity contribution in [1.29, 1.82) is 0 Å². The standard InChI is InChI=1S/C13H21N3O3/c1-10(9-19-3)16(6-7-18-2)13(17)12-8-11(14)4-5-15-12/h4-5,8,10H,6-7,9H2,1-3H3,(H2,14,15). The van der Waals surface area contributed by atoms with Gasteiger partial charge in [0, 0.05) is 32.6 Å². The smallest absolute Gasteiger partial charge is 0.272 e. The van der Waals surface area contributed by atoms with E-state index in [-0.39, 0.29) is 11.9 Å². The molecular formula is C13H21N3O3. The number of amides is 1. The summed E-state index contributed by atoms with van der Waals surface area (Å²) in [7, 11) is 3.20. The monoisotopic (exact) mass is 267 g/mol. The lowest BCUT2D eigenvalue weighted by Gasteiger charge is -2.28. The SMILES string of the molecule is COCCN(C(=O)c1cc(N)ccn1)C(C)COC. The number of ether oxygens (including phenoxy) is 2. The second kappa shape index (κ2) is 7.70. The summed E-state index contributed by atoms with van der Waals surface area (Å²) >= 11 is 0. The highest BCUT2D eigenvalue weighted by Gasteiger charge is 2.22. The molecule has 0 bridgehead atoms. The van der Waals surface area contributed by atoms with Crippen LogP contribution in [-0.4, -0.2) is 55.8 Å². The first-order valence-electron chi connectivity index (χ1n) is 6.10. The molecule has 1 heterocycles. The molecule has 0 aliphatic carbocycles. The van der Waals surface area contributed by atoms with E-state index in [1.54, 1.807) is 31.3 Å². The van der Waals surface area contributed by atoms with Crippen LogP contribution in [0.4, 0.5) is 5.69 Å². The Bertz CT molecular complexity index is 412. The maximum absolute atomic E-state index is 12.4. The summed E-state index contributed by atoms with van der Waals surface area (Å²) in [5.41, 5.74) is 6.52. The molecule has 6 nitrogen and oxygen atoms in total. The van der Waals surface area contributed by atoms with E-state index >= 15 is 0 Å². The van der Waals surface area contributed by atoms with Crippen molar-refractivity contribution in [3.05, 3.63) is 24.0 Å². The third-order valence-electron chi connectivity index (χ3n) is 2.74. The third kappa shape index (κ3) is 4.50. The Balaban J connectivity index is 2.86. The van der Waals surface area contributed by atoms with E-state index in [1.807, 2.05) is 6.92 Å². The number of methoxy groups -OCH3 is 2. The summed E-state index contributed by atoms with van der Waals surface area (Å²) in [6.07, 6.45) is 1.53. The van der Waals surface area contributed by atoms with E-state index in [1.165, 1.54) is 6.20 Å². The van der Waals surface area contributed by atoms with E-state index < -0.39 is 0 Å². The number of hydrogen-bond acceptors (Lipinski definition) is 5. The Kier molecular flexibility index (Phi) is 6.24. The van der Waals surface area contributed by atoms with Gasteiger partial charge >= 0.3 is 0 Å². The molecule has 1 amide bonds. The molecule has 1 atom stereocenters. The first-order chi connectivity index (χ1) is 9.10. The Labute approximate surface area is 113 Å². The van der Waals surface area contributed by atoms with Gasteiger partial charge in [-0.25, -0.2) is 0 Å². The molecule has 0 aromatic carbocycles. The highest BCUT2D eigenvalue weighted by Crippen LogP contribution is 2.10. The lowest BCUT2D eigenvalue weighted by Crippen LogP contribution is -2.43. The van der Waals surface area contributed by atoms with Crippen molar-refractivity contribution in [1.82, 2.24) is 9.88 Å². The molecule has 0 spiro atoms. The molecule has 1 rings (SSSR count). The molecule has 1 aromatic heterocycles. The number of nitrogens with zero attached hydrogens (tertiary/aromatic N) is 2. The molecule has 0 radical (unpaired) electrons. The predicted octanol–water partition coefficient (Wildman–Crippen LogP) is 0.787. The van der Waals surface area contributed by atoms with Crippen molar-refractivity contribution >= 4 is 11.6 Å². The van der Waals surface area contributed by atoms with Gasteiger partial charge in [0.25, 0.3) is 5.91 Å². The Hall–Kier alpha value is -1.66. The van der Waals surface area contributed by atoms with Crippen LogP contribution in [0.1, 0.15) is 17.4 Å². The zero-order valence-electron chi connectivity index (χ0n) is 11.6. The number of hydrogen-bond donors (Lipinski definition) is 1. The quantitative estimate of drug-likeness (QED) is 0.790. The Morgan fingerprint density at radius 1 is 1.47 bits per heavy atom. The lowest BCUT2D eigenvalue weighted by atomic mass is 10.2. The zero-order valence-corrected chi connectivity index (χ0v) is 11.6. The van der Waals surface area contributed by atoms with E-state index in [0.717, 1.165) is 0 Å². The molecule has 19 heavy (non-hydrogen) atoms. The highest BCUT2D eigenvalue weighted by molar-refractivity contribution is 5.93. The lowest BCUT2D eigenvalue weighted by molar-refractivity contribution is 0.0474. The fraction of sp³-hybridized carbons (Fsp3) is 0.538. The van der Waals surface area contributed by atoms with Crippen LogP contribution in [0.2, 0.25) is 0 Å². The van der Waals surface area contributed by atoms with Gasteiger partial charge in [0.1, 0.15) is 5.69 Å². The summed E-state index contributed by atoms with van der Waals surface area (Å²) in [4.78, 5) is 18.1. The molecule has 1 unspecified atom stereocenters. The molecule has 2 N–H and O–H groups in total. The van der Waals surface area contributed by atoms with Gasteiger partial charge < -0.3 is 20.1 Å². The molecule has 0 aliphatic heterocycles. The fourth-order valence-electron chi connectivity index (χ4n) is 1.75. The molecule has 6 heteroatoms. The van der Waals surface area contributed by atoms with Crippen LogP contribution in [0.25, 0.3) is 0 Å². The summed E-state index contributed by atoms with van der Waals surface area (Å²) in [6.45, 7) is 3.32. The van der Waals surface area contributed by atoms with Gasteiger partial charge in [-0.15, -0.1) is 0 Å². The molecular weight excluding hydrogens is 246 g/mol. The van der Waals surface area contributed by atoms with Crippen molar-refractivity contribution in [3.8, 4) is 0 Å². The van der Waals surface area contributed by atoms with Gasteiger partial charge in [0.2, 0.25) is 0 Å². The molecule has 0 aliphatic rings. The maximum Gasteiger partial charge on any atom is 0.272 e. The second-order valence-electron chi connectivity index (χ2n) is 4.27. The van der Waals surface area contributed by atoms with Crippen LogP contribution in [-0.2, 0) is 9.47 Å². The summed E-state index contributed by atoms with van der Waals surface area (Å²) in [5, 5.41) is 0. The Morgan fingerprint density at radius 2 is 2.21 bits per heavy atom. The van der Waals surface area contributed by atoms with Crippen molar-refractivity contribution in [3.63, 3.8) is 0 Å². The fourth-order valence-corrected chi connectivity index (χ4v) is 1.75. The number of pyridine rings is 1. The summed E-state index contributed by atoms with van der Waals surface area (Å²) in [5.74, 6) is -0.172. The van der Waals surface area contributed by atoms with Gasteiger partial charge in [-0.2, -0.15) is 0 Å². The van der Waals surface area contributed by atoms with Gasteiger partial charge in [-0.1, -0.05) is 0 Å². The first-order valence-corrected chi connectivity index (χ1v) is 6.10. The average molecular weight is 267 g/mol. The van der Waals surface area contributed by atoms with Crippen LogP contribution >= 0.6 is 0 Å². The minimum absolute atomic E-state index is 0.0594. The van der Waals surface area contributed by atoms with Crippen molar-refractivity contribution in [2.24, 2.45) is 0 Å². The number of anilines is 1. The largest absolute Gasteiger partial charge is 0.399 e. The molecule has 1 aromatic rings. The van der Waals surface area contributed by atoms with Gasteiger partial charge in [0.05, 0.1) is 19.3 Å². The minimum Gasteiger partial charge on any atom is -0.399 e. The molecule has 0 saturated heterocycles. The second-order valence-corrected chi connectivity index (χ2v) is 4.27. The van der Waals surface area contributed by atoms with Crippen molar-refractivity contribution < 1.29 is 14.3 Å². The van der Waals surface area contributed by atoms with Crippen LogP contribution in [0.15, 0.2) is 18.3 Å². The number of carbonyl (C=O) groups is 1. The summed E-state index contributed by atoms with van der Waals surface area (Å²) in [6, 6.07) is 3.16. The zero-order chi connectivity index (χ0) is 14.3. The minimum atomic E-state index is -0.172. The number of aromatic nitrogens is 1. The summed E-state index contributed by atoms with van der Waals surface area (Å²) < 4.78 is 10.1. The number of carbonyl (C=O) groups excluding carboxylic acids is 1. The Morgan fingerprint density at radius 3 is 2.79 bits per heavy atom. The normalized spacial score (nSPS) is 12.2. The highest BCUT2D eigenvalue weighted by atomic mass is 16.5. The van der Waals surface area contributed by atoms with E-state index in [0.29, 0.717) is 31.1 Å². The van der Waals surface area contributed by atoms with E-state index in [4.69, 9.17) is 15.2 Å². The molecule has 0 saturated carbocycles. The maximum atomic E-state index is 12.4. The van der Waals surface area contributed by atoms with E-state index in [9.17, 15) is 4.79 Å². The van der Waals surface area contributed by atoms with Crippen LogP contribution in [0.3, 0.4) is 0 Å². The number of nitrogen functional groups attached to an aromatic ring is 1. The molecule has 0 fully saturated rings.